The molecule has 2 unspecified atom stereocenters. The van der Waals surface area contributed by atoms with Crippen LogP contribution in [0.2, 0.25) is 0 Å². The molecule has 4 N–H and O–H groups in total. The Labute approximate surface area is 226 Å². The first-order valence-electron chi connectivity index (χ1n) is 12.4. The van der Waals surface area contributed by atoms with Crippen molar-refractivity contribution < 1.29 is 34.0 Å². The highest BCUT2D eigenvalue weighted by molar-refractivity contribution is 6.24. The monoisotopic (exact) mass is 542 g/mol. The third-order valence-corrected chi connectivity index (χ3v) is 5.94. The van der Waals surface area contributed by atoms with Crippen LogP contribution in [0.1, 0.15) is 50.7 Å². The van der Waals surface area contributed by atoms with Crippen LogP contribution in [0.25, 0.3) is 11.6 Å². The predicted octanol–water partition coefficient (Wildman–Crippen LogP) is 3.23. The molecule has 2 rings (SSSR count). The van der Waals surface area contributed by atoms with Gasteiger partial charge in [0, 0.05) is 23.8 Å². The topological polar surface area (TPSA) is 169 Å². The molecule has 2 aromatic rings. The summed E-state index contributed by atoms with van der Waals surface area (Å²) in [6.07, 6.45) is 3.45. The van der Waals surface area contributed by atoms with Crippen LogP contribution in [-0.4, -0.2) is 54.2 Å². The van der Waals surface area contributed by atoms with Crippen LogP contribution in [0.4, 0.5) is 5.69 Å². The first kappa shape index (κ1) is 30.8. The molecule has 0 aliphatic carbocycles. The number of nitrogens with one attached hydrogen (secondary N) is 3. The number of nitrogens with zero attached hydrogens (tertiary/aromatic N) is 1. The average Bonchev–Trinajstić information content (AvgIpc) is 2.95. The Morgan fingerprint density at radius 3 is 2.08 bits per heavy atom. The zero-order valence-electron chi connectivity index (χ0n) is 22.4. The van der Waals surface area contributed by atoms with E-state index in [-0.39, 0.29) is 17.7 Å². The molecule has 12 nitrogen and oxygen atoms in total. The minimum Gasteiger partial charge on any atom is -0.497 e. The lowest BCUT2D eigenvalue weighted by Crippen LogP contribution is -2.53. The number of hydrogen-bond acceptors (Lipinski definition) is 8. The van der Waals surface area contributed by atoms with Gasteiger partial charge in [-0.1, -0.05) is 26.7 Å². The number of amides is 3. The van der Waals surface area contributed by atoms with Gasteiger partial charge in [-0.3, -0.25) is 29.7 Å². The standard InChI is InChI=1S/C27H34N4O8/c1-5-7-8-24(26(33)28-23(6-2)27(34)30-35)29-25(32)22(18-9-11-19(12-10-18)31(36)37)15-17-13-20(38-3)16-21(14-17)39-4/h9-16,23-24,35H,5-8H2,1-4H3,(H,28,33)(H,29,32)(H,30,34)/b22-15-. The first-order chi connectivity index (χ1) is 18.7. The third-order valence-electron chi connectivity index (χ3n) is 5.94. The maximum Gasteiger partial charge on any atom is 0.269 e. The molecule has 0 spiro atoms. The van der Waals surface area contributed by atoms with Gasteiger partial charge in [0.1, 0.15) is 23.6 Å². The lowest BCUT2D eigenvalue weighted by molar-refractivity contribution is -0.384. The minimum absolute atomic E-state index is 0.134. The van der Waals surface area contributed by atoms with Crippen LogP contribution in [0.5, 0.6) is 11.5 Å². The van der Waals surface area contributed by atoms with E-state index >= 15 is 0 Å². The van der Waals surface area contributed by atoms with E-state index in [0.29, 0.717) is 35.5 Å². The number of unbranched alkanes of at least 4 members (excludes halogenated alkanes) is 1. The van der Waals surface area contributed by atoms with Gasteiger partial charge in [-0.15, -0.1) is 0 Å². The van der Waals surface area contributed by atoms with Crippen molar-refractivity contribution in [3.05, 3.63) is 63.7 Å². The Morgan fingerprint density at radius 2 is 1.59 bits per heavy atom. The average molecular weight is 543 g/mol. The number of hydrogen-bond donors (Lipinski definition) is 4. The second-order valence-electron chi connectivity index (χ2n) is 8.62. The molecule has 3 amide bonds. The van der Waals surface area contributed by atoms with E-state index < -0.39 is 34.7 Å². The van der Waals surface area contributed by atoms with Gasteiger partial charge in [0.25, 0.3) is 17.5 Å². The molecule has 12 heteroatoms. The SMILES string of the molecule is CCCCC(NC(=O)/C(=C\c1cc(OC)cc(OC)c1)c1ccc([N+](=O)[O-])cc1)C(=O)NC(CC)C(=O)NO. The van der Waals surface area contributed by atoms with Crippen LogP contribution in [0.3, 0.4) is 0 Å². The van der Waals surface area contributed by atoms with E-state index in [9.17, 15) is 24.5 Å². The van der Waals surface area contributed by atoms with Gasteiger partial charge in [-0.05, 0) is 54.3 Å². The number of non-ortho nitro benzene ring substituents is 1. The highest BCUT2D eigenvalue weighted by Crippen LogP contribution is 2.27. The Bertz CT molecular complexity index is 1170. The molecular formula is C27H34N4O8. The van der Waals surface area contributed by atoms with Gasteiger partial charge in [0.05, 0.1) is 19.1 Å². The van der Waals surface area contributed by atoms with Crippen molar-refractivity contribution in [1.29, 1.82) is 0 Å². The number of hydroxylamine groups is 1. The molecule has 0 aliphatic heterocycles. The Morgan fingerprint density at radius 1 is 0.974 bits per heavy atom. The summed E-state index contributed by atoms with van der Waals surface area (Å²) in [6, 6.07) is 8.51. The second kappa shape index (κ2) is 15.1. The van der Waals surface area contributed by atoms with Gasteiger partial charge in [-0.2, -0.15) is 0 Å². The minimum atomic E-state index is -0.988. The maximum absolute atomic E-state index is 13.6. The normalized spacial score (nSPS) is 12.6. The number of rotatable bonds is 14. The number of ether oxygens (including phenoxy) is 2. The van der Waals surface area contributed by atoms with Crippen molar-refractivity contribution in [3.8, 4) is 11.5 Å². The summed E-state index contributed by atoms with van der Waals surface area (Å²) in [6.45, 7) is 3.60. The highest BCUT2D eigenvalue weighted by Gasteiger charge is 2.27. The summed E-state index contributed by atoms with van der Waals surface area (Å²) in [5.41, 5.74) is 2.44. The number of nitro benzene ring substituents is 1. The summed E-state index contributed by atoms with van der Waals surface area (Å²) in [4.78, 5) is 49.2. The highest BCUT2D eigenvalue weighted by atomic mass is 16.6. The molecule has 0 aromatic heterocycles. The van der Waals surface area contributed by atoms with Crippen molar-refractivity contribution in [3.63, 3.8) is 0 Å². The fraction of sp³-hybridized carbons (Fsp3) is 0.370. The van der Waals surface area contributed by atoms with Gasteiger partial charge in [0.15, 0.2) is 0 Å². The Balaban J connectivity index is 2.50. The van der Waals surface area contributed by atoms with Crippen molar-refractivity contribution in [2.75, 3.05) is 14.2 Å². The van der Waals surface area contributed by atoms with Crippen molar-refractivity contribution in [1.82, 2.24) is 16.1 Å². The van der Waals surface area contributed by atoms with E-state index in [0.717, 1.165) is 6.42 Å². The summed E-state index contributed by atoms with van der Waals surface area (Å²) >= 11 is 0. The van der Waals surface area contributed by atoms with Gasteiger partial charge in [-0.25, -0.2) is 5.48 Å². The molecule has 39 heavy (non-hydrogen) atoms. The Hall–Kier alpha value is -4.45. The number of carbonyl (C=O) groups excluding carboxylic acids is 3. The Kier molecular flexibility index (Phi) is 11.9. The summed E-state index contributed by atoms with van der Waals surface area (Å²) in [5, 5.41) is 25.4. The zero-order chi connectivity index (χ0) is 28.9. The molecule has 0 radical (unpaired) electrons. The van der Waals surface area contributed by atoms with Crippen molar-refractivity contribution in [2.45, 2.75) is 51.6 Å². The van der Waals surface area contributed by atoms with E-state index in [2.05, 4.69) is 10.6 Å². The van der Waals surface area contributed by atoms with Crippen LogP contribution in [0, 0.1) is 10.1 Å². The zero-order valence-corrected chi connectivity index (χ0v) is 22.4. The summed E-state index contributed by atoms with van der Waals surface area (Å²) in [5.74, 6) is -1.00. The third kappa shape index (κ3) is 8.82. The van der Waals surface area contributed by atoms with E-state index in [4.69, 9.17) is 14.7 Å². The number of carbonyl (C=O) groups is 3. The van der Waals surface area contributed by atoms with E-state index in [1.165, 1.54) is 44.0 Å². The molecule has 210 valence electrons. The maximum atomic E-state index is 13.6. The molecule has 0 heterocycles. The smallest absolute Gasteiger partial charge is 0.269 e. The quantitative estimate of drug-likeness (QED) is 0.0927. The molecule has 2 aromatic carbocycles. The largest absolute Gasteiger partial charge is 0.497 e. The van der Waals surface area contributed by atoms with Crippen LogP contribution in [-0.2, 0) is 14.4 Å². The molecule has 0 saturated carbocycles. The molecule has 0 saturated heterocycles. The lowest BCUT2D eigenvalue weighted by atomic mass is 10.00. The molecule has 0 aliphatic rings. The fourth-order valence-corrected chi connectivity index (χ4v) is 3.74. The molecular weight excluding hydrogens is 508 g/mol. The lowest BCUT2D eigenvalue weighted by Gasteiger charge is -2.22. The van der Waals surface area contributed by atoms with Gasteiger partial charge in [0.2, 0.25) is 5.91 Å². The van der Waals surface area contributed by atoms with Gasteiger partial charge >= 0.3 is 0 Å². The number of benzene rings is 2. The number of nitro groups is 1. The second-order valence-corrected chi connectivity index (χ2v) is 8.62. The van der Waals surface area contributed by atoms with Crippen molar-refractivity contribution in [2.24, 2.45) is 0 Å². The van der Waals surface area contributed by atoms with Gasteiger partial charge < -0.3 is 20.1 Å². The summed E-state index contributed by atoms with van der Waals surface area (Å²) < 4.78 is 10.6. The number of methoxy groups -OCH3 is 2. The van der Waals surface area contributed by atoms with E-state index in [1.54, 1.807) is 31.2 Å². The fourth-order valence-electron chi connectivity index (χ4n) is 3.74. The molecule has 2 atom stereocenters. The summed E-state index contributed by atoms with van der Waals surface area (Å²) in [7, 11) is 2.98. The first-order valence-corrected chi connectivity index (χ1v) is 12.4. The molecule has 0 fully saturated rings. The van der Waals surface area contributed by atoms with Crippen molar-refractivity contribution >= 4 is 35.1 Å². The molecule has 0 bridgehead atoms. The van der Waals surface area contributed by atoms with Crippen LogP contribution in [0.15, 0.2) is 42.5 Å². The van der Waals surface area contributed by atoms with E-state index in [1.807, 2.05) is 6.92 Å². The van der Waals surface area contributed by atoms with Crippen LogP contribution >= 0.6 is 0 Å². The predicted molar refractivity (Wildman–Crippen MR) is 144 cm³/mol. The van der Waals surface area contributed by atoms with Crippen LogP contribution < -0.4 is 25.6 Å².